The van der Waals surface area contributed by atoms with Crippen LogP contribution in [-0.4, -0.2) is 50.2 Å². The molecule has 2 atom stereocenters. The van der Waals surface area contributed by atoms with E-state index in [4.69, 9.17) is 20.4 Å². The lowest BCUT2D eigenvalue weighted by Gasteiger charge is -2.14. The van der Waals surface area contributed by atoms with Crippen molar-refractivity contribution in [2.24, 2.45) is 5.92 Å². The normalized spacial score (nSPS) is 13.9. The van der Waals surface area contributed by atoms with Crippen LogP contribution in [0.25, 0.3) is 0 Å². The summed E-state index contributed by atoms with van der Waals surface area (Å²) in [5.41, 5.74) is 0. The van der Waals surface area contributed by atoms with Gasteiger partial charge in [0.1, 0.15) is 0 Å². The molecule has 0 heterocycles. The zero-order valence-electron chi connectivity index (χ0n) is 7.28. The molecule has 0 aromatic carbocycles. The lowest BCUT2D eigenvalue weighted by Crippen LogP contribution is -2.39. The van der Waals surface area contributed by atoms with E-state index in [2.05, 4.69) is 0 Å². The number of hydrogen-bond donors (Lipinski definition) is 4. The molecule has 8 heteroatoms. The SMILES string of the molecule is O=C(O)C[C@@H](C(=O)C(=O)O)[C@H](O)C(=O)O. The zero-order valence-corrected chi connectivity index (χ0v) is 7.28. The number of carboxylic acid groups (broad SMARTS) is 3. The zero-order chi connectivity index (χ0) is 12.2. The molecule has 0 fully saturated rings. The highest BCUT2D eigenvalue weighted by molar-refractivity contribution is 6.34. The van der Waals surface area contributed by atoms with E-state index in [9.17, 15) is 19.2 Å². The molecule has 0 unspecified atom stereocenters. The fourth-order valence-corrected chi connectivity index (χ4v) is 0.867. The Kier molecular flexibility index (Phi) is 4.39. The fraction of sp³-hybridized carbons (Fsp3) is 0.429. The van der Waals surface area contributed by atoms with Gasteiger partial charge in [-0.15, -0.1) is 0 Å². The maximum absolute atomic E-state index is 10.8. The molecule has 0 amide bonds. The molecule has 0 aromatic heterocycles. The first-order valence-corrected chi connectivity index (χ1v) is 3.67. The first kappa shape index (κ1) is 13.0. The van der Waals surface area contributed by atoms with Crippen molar-refractivity contribution in [3.8, 4) is 0 Å². The van der Waals surface area contributed by atoms with Crippen LogP contribution in [0.5, 0.6) is 0 Å². The van der Waals surface area contributed by atoms with Gasteiger partial charge in [-0.25, -0.2) is 9.59 Å². The summed E-state index contributed by atoms with van der Waals surface area (Å²) in [7, 11) is 0. The molecule has 8 nitrogen and oxygen atoms in total. The number of rotatable bonds is 6. The third-order valence-electron chi connectivity index (χ3n) is 1.58. The summed E-state index contributed by atoms with van der Waals surface area (Å²) in [5, 5.41) is 33.8. The number of aliphatic hydroxyl groups is 1. The monoisotopic (exact) mass is 220 g/mol. The van der Waals surface area contributed by atoms with E-state index < -0.39 is 42.1 Å². The van der Waals surface area contributed by atoms with E-state index >= 15 is 0 Å². The molecule has 0 aliphatic heterocycles. The lowest BCUT2D eigenvalue weighted by molar-refractivity contribution is -0.160. The maximum Gasteiger partial charge on any atom is 0.372 e. The minimum absolute atomic E-state index is 1.06. The molecule has 0 spiro atoms. The van der Waals surface area contributed by atoms with Gasteiger partial charge in [-0.05, 0) is 0 Å². The molecule has 0 aliphatic rings. The molecule has 0 saturated carbocycles. The predicted molar refractivity (Wildman–Crippen MR) is 42.0 cm³/mol. The van der Waals surface area contributed by atoms with Crippen molar-refractivity contribution in [1.29, 1.82) is 0 Å². The van der Waals surface area contributed by atoms with Crippen LogP contribution in [0.3, 0.4) is 0 Å². The summed E-state index contributed by atoms with van der Waals surface area (Å²) in [6, 6.07) is 0. The van der Waals surface area contributed by atoms with Gasteiger partial charge in [-0.2, -0.15) is 0 Å². The Morgan fingerprint density at radius 2 is 1.47 bits per heavy atom. The van der Waals surface area contributed by atoms with E-state index in [1.54, 1.807) is 0 Å². The summed E-state index contributed by atoms with van der Waals surface area (Å²) >= 11 is 0. The van der Waals surface area contributed by atoms with Crippen molar-refractivity contribution in [2.75, 3.05) is 0 Å². The molecular weight excluding hydrogens is 212 g/mol. The minimum atomic E-state index is -2.34. The van der Waals surface area contributed by atoms with Crippen LogP contribution >= 0.6 is 0 Å². The van der Waals surface area contributed by atoms with E-state index in [0.717, 1.165) is 0 Å². The van der Waals surface area contributed by atoms with Crippen LogP contribution < -0.4 is 0 Å². The molecule has 0 bridgehead atoms. The van der Waals surface area contributed by atoms with Crippen LogP contribution in [0.15, 0.2) is 0 Å². The maximum atomic E-state index is 10.8. The Balaban J connectivity index is 4.87. The second-order valence-corrected chi connectivity index (χ2v) is 2.66. The van der Waals surface area contributed by atoms with Crippen molar-refractivity contribution in [2.45, 2.75) is 12.5 Å². The minimum Gasteiger partial charge on any atom is -0.481 e. The van der Waals surface area contributed by atoms with Crippen molar-refractivity contribution < 1.29 is 39.6 Å². The second kappa shape index (κ2) is 5.05. The largest absolute Gasteiger partial charge is 0.481 e. The van der Waals surface area contributed by atoms with Crippen LogP contribution in [0.2, 0.25) is 0 Å². The van der Waals surface area contributed by atoms with E-state index in [1.807, 2.05) is 0 Å². The number of hydrogen-bond acceptors (Lipinski definition) is 5. The quantitative estimate of drug-likeness (QED) is 0.382. The van der Waals surface area contributed by atoms with Crippen molar-refractivity contribution in [1.82, 2.24) is 0 Å². The number of aliphatic hydroxyl groups excluding tert-OH is 1. The second-order valence-electron chi connectivity index (χ2n) is 2.66. The van der Waals surface area contributed by atoms with Gasteiger partial charge in [0.25, 0.3) is 0 Å². The van der Waals surface area contributed by atoms with E-state index in [-0.39, 0.29) is 0 Å². The van der Waals surface area contributed by atoms with Crippen molar-refractivity contribution in [3.63, 3.8) is 0 Å². The molecule has 0 aromatic rings. The third kappa shape index (κ3) is 3.73. The van der Waals surface area contributed by atoms with Crippen LogP contribution in [0, 0.1) is 5.92 Å². The van der Waals surface area contributed by atoms with Gasteiger partial charge < -0.3 is 20.4 Å². The van der Waals surface area contributed by atoms with E-state index in [1.165, 1.54) is 0 Å². The fourth-order valence-electron chi connectivity index (χ4n) is 0.867. The van der Waals surface area contributed by atoms with Gasteiger partial charge >= 0.3 is 17.9 Å². The van der Waals surface area contributed by atoms with Crippen LogP contribution in [0.4, 0.5) is 0 Å². The number of carboxylic acids is 3. The molecule has 0 aliphatic carbocycles. The van der Waals surface area contributed by atoms with Gasteiger partial charge in [0.15, 0.2) is 6.10 Å². The summed E-state index contributed by atoms with van der Waals surface area (Å²) in [5.74, 6) is -9.04. The topological polar surface area (TPSA) is 149 Å². The highest BCUT2D eigenvalue weighted by Crippen LogP contribution is 2.11. The smallest absolute Gasteiger partial charge is 0.372 e. The Morgan fingerprint density at radius 1 is 1.00 bits per heavy atom. The van der Waals surface area contributed by atoms with Crippen LogP contribution in [0.1, 0.15) is 6.42 Å². The number of ketones is 1. The molecule has 0 saturated heterocycles. The third-order valence-corrected chi connectivity index (χ3v) is 1.58. The molecule has 0 radical (unpaired) electrons. The summed E-state index contributed by atoms with van der Waals surface area (Å²) in [4.78, 5) is 41.5. The van der Waals surface area contributed by atoms with Crippen molar-refractivity contribution in [3.05, 3.63) is 0 Å². The highest BCUT2D eigenvalue weighted by atomic mass is 16.4. The molecule has 84 valence electrons. The van der Waals surface area contributed by atoms with Crippen LogP contribution in [-0.2, 0) is 19.2 Å². The van der Waals surface area contributed by atoms with Crippen molar-refractivity contribution >= 4 is 23.7 Å². The predicted octanol–water partition coefficient (Wildman–Crippen LogP) is -1.82. The first-order valence-electron chi connectivity index (χ1n) is 3.67. The summed E-state index contributed by atoms with van der Waals surface area (Å²) in [6.45, 7) is 0. The summed E-state index contributed by atoms with van der Waals surface area (Å²) in [6.07, 6.45) is -3.40. The molecule has 4 N–H and O–H groups in total. The average molecular weight is 220 g/mol. The number of Topliss-reactive ketones (excluding diaryl/α,β-unsaturated/α-hetero) is 1. The Hall–Kier alpha value is -1.96. The lowest BCUT2D eigenvalue weighted by atomic mass is 9.94. The van der Waals surface area contributed by atoms with Gasteiger partial charge in [-0.1, -0.05) is 0 Å². The Morgan fingerprint density at radius 3 is 1.73 bits per heavy atom. The number of aliphatic carboxylic acids is 3. The standard InChI is InChI=1S/C7H8O8/c8-3(9)1-2(4(10)6(12)13)5(11)7(14)15/h2,4,10H,1H2,(H,8,9)(H,12,13)(H,14,15)/t2-,4+/m1/s1. The highest BCUT2D eigenvalue weighted by Gasteiger charge is 2.37. The molecular formula is C7H8O8. The molecule has 15 heavy (non-hydrogen) atoms. The van der Waals surface area contributed by atoms with Gasteiger partial charge in [0, 0.05) is 0 Å². The first-order chi connectivity index (χ1) is 6.77. The Labute approximate surface area is 82.8 Å². The average Bonchev–Trinajstić information content (AvgIpc) is 2.11. The van der Waals surface area contributed by atoms with E-state index in [0.29, 0.717) is 0 Å². The van der Waals surface area contributed by atoms with Gasteiger partial charge in [-0.3, -0.25) is 9.59 Å². The van der Waals surface area contributed by atoms with Gasteiger partial charge in [0.2, 0.25) is 5.78 Å². The summed E-state index contributed by atoms with van der Waals surface area (Å²) < 4.78 is 0. The number of carbonyl (C=O) groups is 4. The van der Waals surface area contributed by atoms with Gasteiger partial charge in [0.05, 0.1) is 12.3 Å². The number of carbonyl (C=O) groups excluding carboxylic acids is 1. The Bertz CT molecular complexity index is 306. The molecule has 0 rings (SSSR count).